The first-order chi connectivity index (χ1) is 8.87. The molecule has 3 nitrogen and oxygen atoms in total. The van der Waals surface area contributed by atoms with Crippen molar-refractivity contribution in [2.24, 2.45) is 0 Å². The van der Waals surface area contributed by atoms with Gasteiger partial charge < -0.3 is 0 Å². The molecule has 1 aromatic heterocycles. The molecule has 0 saturated heterocycles. The first-order valence-electron chi connectivity index (χ1n) is 5.18. The van der Waals surface area contributed by atoms with Crippen molar-refractivity contribution in [1.82, 2.24) is 9.78 Å². The van der Waals surface area contributed by atoms with Crippen LogP contribution >= 0.6 is 11.6 Å². The average molecular weight is 286 g/mol. The van der Waals surface area contributed by atoms with Crippen LogP contribution in [0.2, 0.25) is 5.02 Å². The minimum Gasteiger partial charge on any atom is -0.263 e. The summed E-state index contributed by atoms with van der Waals surface area (Å²) >= 11 is 5.83. The number of aromatic nitrogens is 2. The van der Waals surface area contributed by atoms with Crippen LogP contribution in [0.3, 0.4) is 0 Å². The maximum Gasteiger partial charge on any atom is 0.408 e. The third-order valence-corrected chi connectivity index (χ3v) is 2.55. The highest BCUT2D eigenvalue weighted by Crippen LogP contribution is 2.25. The Morgan fingerprint density at radius 3 is 2.63 bits per heavy atom. The van der Waals surface area contributed by atoms with Crippen molar-refractivity contribution >= 4 is 11.6 Å². The standard InChI is InChI=1S/C12H7ClF3N3/c13-11-2-8(4-17)1-9(3-11)10-5-18-19(6-10)7-12(14,15)16/h1-3,5-6H,7H2. The maximum absolute atomic E-state index is 12.2. The Morgan fingerprint density at radius 2 is 2.00 bits per heavy atom. The summed E-state index contributed by atoms with van der Waals surface area (Å²) in [6.45, 7) is -1.15. The summed E-state index contributed by atoms with van der Waals surface area (Å²) in [5.41, 5.74) is 1.37. The molecule has 0 fully saturated rings. The van der Waals surface area contributed by atoms with Gasteiger partial charge in [0.25, 0.3) is 0 Å². The second-order valence-electron chi connectivity index (χ2n) is 3.88. The summed E-state index contributed by atoms with van der Waals surface area (Å²) in [4.78, 5) is 0. The van der Waals surface area contributed by atoms with E-state index in [2.05, 4.69) is 5.10 Å². The monoisotopic (exact) mass is 285 g/mol. The normalized spacial score (nSPS) is 11.3. The van der Waals surface area contributed by atoms with Crippen molar-refractivity contribution in [3.63, 3.8) is 0 Å². The van der Waals surface area contributed by atoms with Gasteiger partial charge >= 0.3 is 6.18 Å². The van der Waals surface area contributed by atoms with Crippen LogP contribution in [-0.2, 0) is 6.54 Å². The number of alkyl halides is 3. The lowest BCUT2D eigenvalue weighted by Gasteiger charge is -2.05. The number of rotatable bonds is 2. The predicted molar refractivity (Wildman–Crippen MR) is 63.4 cm³/mol. The van der Waals surface area contributed by atoms with Gasteiger partial charge in [0.15, 0.2) is 0 Å². The van der Waals surface area contributed by atoms with Crippen LogP contribution in [0.1, 0.15) is 5.56 Å². The molecule has 0 spiro atoms. The molecule has 0 aliphatic carbocycles. The van der Waals surface area contributed by atoms with Gasteiger partial charge in [0.05, 0.1) is 17.8 Å². The van der Waals surface area contributed by atoms with E-state index < -0.39 is 12.7 Å². The number of benzene rings is 1. The molecule has 0 aliphatic heterocycles. The molecule has 7 heteroatoms. The Labute approximate surface area is 111 Å². The molecule has 0 radical (unpaired) electrons. The quantitative estimate of drug-likeness (QED) is 0.845. The van der Waals surface area contributed by atoms with Gasteiger partial charge in [0, 0.05) is 16.8 Å². The predicted octanol–water partition coefficient (Wildman–Crippen LogP) is 3.64. The second kappa shape index (κ2) is 4.94. The Morgan fingerprint density at radius 1 is 1.26 bits per heavy atom. The zero-order chi connectivity index (χ0) is 14.0. The Balaban J connectivity index is 2.33. The van der Waals surface area contributed by atoms with Crippen molar-refractivity contribution in [3.05, 3.63) is 41.2 Å². The molecular weight excluding hydrogens is 279 g/mol. The van der Waals surface area contributed by atoms with Crippen molar-refractivity contribution in [3.8, 4) is 17.2 Å². The molecule has 0 N–H and O–H groups in total. The van der Waals surface area contributed by atoms with Crippen molar-refractivity contribution in [2.45, 2.75) is 12.7 Å². The zero-order valence-electron chi connectivity index (χ0n) is 9.45. The summed E-state index contributed by atoms with van der Waals surface area (Å²) < 4.78 is 37.4. The molecule has 1 aromatic carbocycles. The lowest BCUT2D eigenvalue weighted by Crippen LogP contribution is -2.17. The van der Waals surface area contributed by atoms with Crippen molar-refractivity contribution < 1.29 is 13.2 Å². The van der Waals surface area contributed by atoms with E-state index in [1.807, 2.05) is 6.07 Å². The fourth-order valence-electron chi connectivity index (χ4n) is 1.60. The van der Waals surface area contributed by atoms with E-state index in [1.165, 1.54) is 18.5 Å². The van der Waals surface area contributed by atoms with E-state index in [4.69, 9.17) is 16.9 Å². The number of nitrogens with zero attached hydrogens (tertiary/aromatic N) is 3. The largest absolute Gasteiger partial charge is 0.408 e. The highest BCUT2D eigenvalue weighted by atomic mass is 35.5. The molecule has 19 heavy (non-hydrogen) atoms. The van der Waals surface area contributed by atoms with Gasteiger partial charge in [-0.15, -0.1) is 0 Å². The molecule has 0 saturated carbocycles. The van der Waals surface area contributed by atoms with Gasteiger partial charge in [0.1, 0.15) is 6.54 Å². The Bertz CT molecular complexity index is 640. The van der Waals surface area contributed by atoms with E-state index in [9.17, 15) is 13.2 Å². The van der Waals surface area contributed by atoms with Crippen molar-refractivity contribution in [2.75, 3.05) is 0 Å². The fraction of sp³-hybridized carbons (Fsp3) is 0.167. The van der Waals surface area contributed by atoms with Gasteiger partial charge in [-0.1, -0.05) is 11.6 Å². The van der Waals surface area contributed by atoms with Gasteiger partial charge in [-0.25, -0.2) is 0 Å². The topological polar surface area (TPSA) is 41.6 Å². The maximum atomic E-state index is 12.2. The number of hydrogen-bond donors (Lipinski definition) is 0. The van der Waals surface area contributed by atoms with Crippen LogP contribution < -0.4 is 0 Å². The van der Waals surface area contributed by atoms with E-state index in [1.54, 1.807) is 12.1 Å². The highest BCUT2D eigenvalue weighted by molar-refractivity contribution is 6.31. The van der Waals surface area contributed by atoms with Crippen LogP contribution in [0.5, 0.6) is 0 Å². The van der Waals surface area contributed by atoms with E-state index in [0.29, 0.717) is 21.7 Å². The van der Waals surface area contributed by atoms with E-state index in [-0.39, 0.29) is 0 Å². The summed E-state index contributed by atoms with van der Waals surface area (Å²) in [6.07, 6.45) is -1.76. The summed E-state index contributed by atoms with van der Waals surface area (Å²) in [6, 6.07) is 6.52. The Hall–Kier alpha value is -2.00. The molecular formula is C12H7ClF3N3. The van der Waals surface area contributed by atoms with Crippen molar-refractivity contribution in [1.29, 1.82) is 5.26 Å². The summed E-state index contributed by atoms with van der Waals surface area (Å²) in [7, 11) is 0. The van der Waals surface area contributed by atoms with E-state index >= 15 is 0 Å². The van der Waals surface area contributed by atoms with Crippen LogP contribution in [-0.4, -0.2) is 16.0 Å². The number of halogens is 4. The third kappa shape index (κ3) is 3.48. The van der Waals surface area contributed by atoms with Crippen LogP contribution in [0.25, 0.3) is 11.1 Å². The minimum atomic E-state index is -4.32. The highest BCUT2D eigenvalue weighted by Gasteiger charge is 2.28. The molecule has 0 atom stereocenters. The molecule has 0 unspecified atom stereocenters. The molecule has 0 amide bonds. The fourth-order valence-corrected chi connectivity index (χ4v) is 1.84. The lowest BCUT2D eigenvalue weighted by molar-refractivity contribution is -0.142. The first kappa shape index (κ1) is 13.4. The third-order valence-electron chi connectivity index (χ3n) is 2.33. The summed E-state index contributed by atoms with van der Waals surface area (Å²) in [5.74, 6) is 0. The van der Waals surface area contributed by atoms with Gasteiger partial charge in [-0.05, 0) is 23.8 Å². The first-order valence-corrected chi connectivity index (χ1v) is 5.55. The molecule has 98 valence electrons. The average Bonchev–Trinajstić information content (AvgIpc) is 2.74. The molecule has 0 aliphatic rings. The SMILES string of the molecule is N#Cc1cc(Cl)cc(-c2cnn(CC(F)(F)F)c2)c1. The van der Waals surface area contributed by atoms with Gasteiger partial charge in [-0.3, -0.25) is 4.68 Å². The van der Waals surface area contributed by atoms with Crippen LogP contribution in [0.4, 0.5) is 13.2 Å². The van der Waals surface area contributed by atoms with Gasteiger partial charge in [-0.2, -0.15) is 23.5 Å². The molecule has 0 bridgehead atoms. The summed E-state index contributed by atoms with van der Waals surface area (Å²) in [5, 5.41) is 12.8. The smallest absolute Gasteiger partial charge is 0.263 e. The molecule has 2 aromatic rings. The Kier molecular flexibility index (Phi) is 3.49. The van der Waals surface area contributed by atoms with Crippen LogP contribution in [0.15, 0.2) is 30.6 Å². The molecule has 2 rings (SSSR count). The number of hydrogen-bond acceptors (Lipinski definition) is 2. The van der Waals surface area contributed by atoms with E-state index in [0.717, 1.165) is 4.68 Å². The van der Waals surface area contributed by atoms with Gasteiger partial charge in [0.2, 0.25) is 0 Å². The minimum absolute atomic E-state index is 0.339. The zero-order valence-corrected chi connectivity index (χ0v) is 10.2. The number of nitriles is 1. The van der Waals surface area contributed by atoms with Crippen LogP contribution in [0, 0.1) is 11.3 Å². The molecule has 1 heterocycles. The second-order valence-corrected chi connectivity index (χ2v) is 4.32. The lowest BCUT2D eigenvalue weighted by atomic mass is 10.1.